The van der Waals surface area contributed by atoms with E-state index in [0.717, 1.165) is 16.9 Å². The highest BCUT2D eigenvalue weighted by molar-refractivity contribution is 7.12. The first kappa shape index (κ1) is 20.3. The fourth-order valence-electron chi connectivity index (χ4n) is 4.40. The molecule has 0 N–H and O–H groups in total. The first-order chi connectivity index (χ1) is 15.6. The van der Waals surface area contributed by atoms with Crippen LogP contribution in [-0.4, -0.2) is 17.9 Å². The van der Waals surface area contributed by atoms with Gasteiger partial charge in [-0.3, -0.25) is 9.59 Å². The van der Waals surface area contributed by atoms with Gasteiger partial charge >= 0.3 is 0 Å². The van der Waals surface area contributed by atoms with Gasteiger partial charge < -0.3 is 14.2 Å². The quantitative estimate of drug-likeness (QED) is 0.380. The third kappa shape index (κ3) is 3.52. The van der Waals surface area contributed by atoms with E-state index in [-0.39, 0.29) is 23.9 Å². The summed E-state index contributed by atoms with van der Waals surface area (Å²) in [6.07, 6.45) is 2.11. The Bertz CT molecular complexity index is 1220. The lowest BCUT2D eigenvalue weighted by atomic mass is 9.89. The maximum absolute atomic E-state index is 13.7. The zero-order valence-electron chi connectivity index (χ0n) is 17.5. The first-order valence-corrected chi connectivity index (χ1v) is 11.4. The lowest BCUT2D eigenvalue weighted by molar-refractivity contribution is 0.0944. The molecule has 5 nitrogen and oxygen atoms in total. The molecule has 2 aromatic carbocycles. The topological polar surface area (TPSA) is 53.8 Å². The number of rotatable bonds is 4. The van der Waals surface area contributed by atoms with Gasteiger partial charge in [-0.1, -0.05) is 42.5 Å². The van der Waals surface area contributed by atoms with Crippen LogP contribution in [0, 0.1) is 0 Å². The highest BCUT2D eigenvalue weighted by Crippen LogP contribution is 2.43. The molecule has 160 valence electrons. The molecule has 0 bridgehead atoms. The molecule has 0 saturated carbocycles. The number of hydrogen-bond acceptors (Lipinski definition) is 4. The Kier molecular flexibility index (Phi) is 5.37. The predicted molar refractivity (Wildman–Crippen MR) is 126 cm³/mol. The van der Waals surface area contributed by atoms with E-state index in [1.165, 1.54) is 17.6 Å². The van der Waals surface area contributed by atoms with Crippen LogP contribution in [0.15, 0.2) is 94.9 Å². The van der Waals surface area contributed by atoms with Crippen LogP contribution in [-0.2, 0) is 0 Å². The zero-order valence-corrected chi connectivity index (χ0v) is 18.4. The SMILES string of the molecule is CC1CC(N(C(=O)c2cccs2)c2ccccc2)c2ccccc2N1C(=O)c1ccco1. The molecule has 2 unspecified atom stereocenters. The lowest BCUT2D eigenvalue weighted by Crippen LogP contribution is -2.47. The smallest absolute Gasteiger partial charge is 0.294 e. The first-order valence-electron chi connectivity index (χ1n) is 10.5. The van der Waals surface area contributed by atoms with E-state index in [9.17, 15) is 9.59 Å². The summed E-state index contributed by atoms with van der Waals surface area (Å²) in [6, 6.07) is 24.4. The van der Waals surface area contributed by atoms with Gasteiger partial charge in [0.1, 0.15) is 0 Å². The number of nitrogens with zero attached hydrogens (tertiary/aromatic N) is 2. The van der Waals surface area contributed by atoms with E-state index in [1.54, 1.807) is 17.0 Å². The maximum atomic E-state index is 13.7. The van der Waals surface area contributed by atoms with Crippen molar-refractivity contribution in [2.75, 3.05) is 9.80 Å². The van der Waals surface area contributed by atoms with Gasteiger partial charge in [0.2, 0.25) is 0 Å². The molecule has 1 aliphatic heterocycles. The predicted octanol–water partition coefficient (Wildman–Crippen LogP) is 6.17. The van der Waals surface area contributed by atoms with E-state index >= 15 is 0 Å². The maximum Gasteiger partial charge on any atom is 0.294 e. The molecule has 0 spiro atoms. The van der Waals surface area contributed by atoms with Gasteiger partial charge in [-0.25, -0.2) is 0 Å². The second-order valence-corrected chi connectivity index (χ2v) is 8.75. The van der Waals surface area contributed by atoms with Crippen LogP contribution in [0.2, 0.25) is 0 Å². The van der Waals surface area contributed by atoms with Crippen molar-refractivity contribution in [3.63, 3.8) is 0 Å². The van der Waals surface area contributed by atoms with Gasteiger partial charge in [0, 0.05) is 17.4 Å². The molecule has 1 aliphatic rings. The van der Waals surface area contributed by atoms with Crippen molar-refractivity contribution in [3.05, 3.63) is 107 Å². The molecule has 4 aromatic rings. The monoisotopic (exact) mass is 442 g/mol. The summed E-state index contributed by atoms with van der Waals surface area (Å²) in [5.74, 6) is 0.0907. The summed E-state index contributed by atoms with van der Waals surface area (Å²) in [5, 5.41) is 1.91. The van der Waals surface area contributed by atoms with Crippen LogP contribution in [0.25, 0.3) is 0 Å². The summed E-state index contributed by atoms with van der Waals surface area (Å²) in [5.41, 5.74) is 2.58. The Hall–Kier alpha value is -3.64. The van der Waals surface area contributed by atoms with Crippen LogP contribution < -0.4 is 9.80 Å². The van der Waals surface area contributed by atoms with Crippen molar-refractivity contribution >= 4 is 34.5 Å². The number of amides is 2. The molecule has 6 heteroatoms. The molecule has 0 aliphatic carbocycles. The van der Waals surface area contributed by atoms with Gasteiger partial charge in [0.25, 0.3) is 11.8 Å². The van der Waals surface area contributed by atoms with E-state index in [1.807, 2.05) is 83.9 Å². The number of hydrogen-bond donors (Lipinski definition) is 0. The standard InChI is InChI=1S/C26H22N2O3S/c1-18-17-22(28(19-9-3-2-4-10-19)26(30)24-14-8-16-32-24)20-11-5-6-12-21(20)27(18)25(29)23-13-7-15-31-23/h2-16,18,22H,17H2,1H3. The highest BCUT2D eigenvalue weighted by atomic mass is 32.1. The number of carbonyl (C=O) groups excluding carboxylic acids is 2. The van der Waals surface area contributed by atoms with Crippen molar-refractivity contribution in [1.82, 2.24) is 0 Å². The molecule has 2 atom stereocenters. The molecular weight excluding hydrogens is 420 g/mol. The van der Waals surface area contributed by atoms with Crippen molar-refractivity contribution in [2.45, 2.75) is 25.4 Å². The third-order valence-corrected chi connectivity index (χ3v) is 6.67. The Morgan fingerprint density at radius 2 is 1.75 bits per heavy atom. The fraction of sp³-hybridized carbons (Fsp3) is 0.154. The molecule has 0 saturated heterocycles. The summed E-state index contributed by atoms with van der Waals surface area (Å²) in [4.78, 5) is 31.3. The van der Waals surface area contributed by atoms with Gasteiger partial charge in [-0.2, -0.15) is 0 Å². The average Bonchev–Trinajstić information content (AvgIpc) is 3.54. The second-order valence-electron chi connectivity index (χ2n) is 7.80. The third-order valence-electron chi connectivity index (χ3n) is 5.81. The Labute approximate surface area is 190 Å². The number of para-hydroxylation sites is 2. The molecule has 2 amide bonds. The molecule has 0 fully saturated rings. The van der Waals surface area contributed by atoms with Crippen molar-refractivity contribution < 1.29 is 14.0 Å². The average molecular weight is 443 g/mol. The molecular formula is C26H22N2O3S. The lowest BCUT2D eigenvalue weighted by Gasteiger charge is -2.43. The number of carbonyl (C=O) groups is 2. The summed E-state index contributed by atoms with van der Waals surface area (Å²) < 4.78 is 5.39. The van der Waals surface area contributed by atoms with Gasteiger partial charge in [-0.05, 0) is 60.7 Å². The summed E-state index contributed by atoms with van der Waals surface area (Å²) in [7, 11) is 0. The van der Waals surface area contributed by atoms with E-state index in [2.05, 4.69) is 0 Å². The Morgan fingerprint density at radius 3 is 2.47 bits per heavy atom. The number of furan rings is 1. The minimum Gasteiger partial charge on any atom is -0.459 e. The number of thiophene rings is 1. The van der Waals surface area contributed by atoms with Gasteiger partial charge in [0.05, 0.1) is 17.2 Å². The Balaban J connectivity index is 1.61. The fourth-order valence-corrected chi connectivity index (χ4v) is 5.06. The van der Waals surface area contributed by atoms with E-state index in [4.69, 9.17) is 4.42 Å². The Morgan fingerprint density at radius 1 is 0.969 bits per heavy atom. The van der Waals surface area contributed by atoms with Crippen LogP contribution in [0.3, 0.4) is 0 Å². The number of anilines is 2. The van der Waals surface area contributed by atoms with E-state index in [0.29, 0.717) is 17.1 Å². The molecule has 32 heavy (non-hydrogen) atoms. The van der Waals surface area contributed by atoms with Crippen molar-refractivity contribution in [3.8, 4) is 0 Å². The van der Waals surface area contributed by atoms with Crippen LogP contribution in [0.5, 0.6) is 0 Å². The van der Waals surface area contributed by atoms with Gasteiger partial charge in [-0.15, -0.1) is 11.3 Å². The number of benzene rings is 2. The second kappa shape index (κ2) is 8.48. The molecule has 2 aromatic heterocycles. The molecule has 3 heterocycles. The largest absolute Gasteiger partial charge is 0.459 e. The summed E-state index contributed by atoms with van der Waals surface area (Å²) >= 11 is 1.44. The number of fused-ring (bicyclic) bond motifs is 1. The van der Waals surface area contributed by atoms with Gasteiger partial charge in [0.15, 0.2) is 5.76 Å². The van der Waals surface area contributed by atoms with Crippen LogP contribution in [0.1, 0.15) is 45.2 Å². The summed E-state index contributed by atoms with van der Waals surface area (Å²) in [6.45, 7) is 2.02. The zero-order chi connectivity index (χ0) is 22.1. The highest BCUT2D eigenvalue weighted by Gasteiger charge is 2.39. The molecule has 0 radical (unpaired) electrons. The molecule has 5 rings (SSSR count). The minimum absolute atomic E-state index is 0.0379. The van der Waals surface area contributed by atoms with Crippen LogP contribution in [0.4, 0.5) is 11.4 Å². The normalized spacial score (nSPS) is 17.6. The van der Waals surface area contributed by atoms with Crippen LogP contribution >= 0.6 is 11.3 Å². The minimum atomic E-state index is -0.209. The van der Waals surface area contributed by atoms with E-state index < -0.39 is 0 Å². The van der Waals surface area contributed by atoms with Crippen molar-refractivity contribution in [1.29, 1.82) is 0 Å². The van der Waals surface area contributed by atoms with Crippen molar-refractivity contribution in [2.24, 2.45) is 0 Å².